The Labute approximate surface area is 94.9 Å². The molecular formula is C12H16N2O2. The number of hydrogen-bond donors (Lipinski definition) is 1. The van der Waals surface area contributed by atoms with E-state index in [0.717, 1.165) is 26.1 Å². The Balaban J connectivity index is 1.65. The van der Waals surface area contributed by atoms with Crippen molar-refractivity contribution in [2.24, 2.45) is 5.92 Å². The van der Waals surface area contributed by atoms with Crippen LogP contribution in [0.25, 0.3) is 0 Å². The summed E-state index contributed by atoms with van der Waals surface area (Å²) in [6, 6.07) is 4.01. The van der Waals surface area contributed by atoms with Gasteiger partial charge in [-0.15, -0.1) is 0 Å². The summed E-state index contributed by atoms with van der Waals surface area (Å²) in [5.74, 6) is -0.330. The Morgan fingerprint density at radius 1 is 1.56 bits per heavy atom. The molecule has 1 aliphatic heterocycles. The summed E-state index contributed by atoms with van der Waals surface area (Å²) in [5, 5.41) is 8.62. The number of rotatable bonds is 5. The lowest BCUT2D eigenvalue weighted by Gasteiger charge is -2.38. The first-order valence-electron chi connectivity index (χ1n) is 5.57. The fourth-order valence-electron chi connectivity index (χ4n) is 2.07. The van der Waals surface area contributed by atoms with E-state index in [1.807, 2.05) is 12.3 Å². The normalized spacial score (nSPS) is 17.0. The number of aliphatic carboxylic acids is 1. The molecule has 2 rings (SSSR count). The number of likely N-dealkylation sites (tertiary alicyclic amines) is 1. The Bertz CT molecular complexity index is 347. The molecular weight excluding hydrogens is 204 g/mol. The third kappa shape index (κ3) is 3.03. The smallest absolute Gasteiger partial charge is 0.303 e. The quantitative estimate of drug-likeness (QED) is 0.805. The van der Waals surface area contributed by atoms with E-state index in [4.69, 9.17) is 5.11 Å². The van der Waals surface area contributed by atoms with E-state index < -0.39 is 5.97 Å². The van der Waals surface area contributed by atoms with Crippen LogP contribution in [-0.2, 0) is 11.2 Å². The van der Waals surface area contributed by atoms with E-state index in [1.54, 1.807) is 6.20 Å². The average molecular weight is 220 g/mol. The molecule has 0 atom stereocenters. The van der Waals surface area contributed by atoms with Crippen LogP contribution in [0.1, 0.15) is 12.0 Å². The fourth-order valence-corrected chi connectivity index (χ4v) is 2.07. The predicted octanol–water partition coefficient (Wildman–Crippen LogP) is 1.03. The molecule has 0 aliphatic carbocycles. The predicted molar refractivity (Wildman–Crippen MR) is 60.1 cm³/mol. The van der Waals surface area contributed by atoms with E-state index in [0.29, 0.717) is 12.3 Å². The van der Waals surface area contributed by atoms with Crippen molar-refractivity contribution < 1.29 is 9.90 Å². The molecule has 2 heterocycles. The summed E-state index contributed by atoms with van der Waals surface area (Å²) in [6.45, 7) is 2.85. The van der Waals surface area contributed by atoms with Gasteiger partial charge in [-0.2, -0.15) is 0 Å². The van der Waals surface area contributed by atoms with E-state index in [-0.39, 0.29) is 0 Å². The van der Waals surface area contributed by atoms with Gasteiger partial charge in [0.1, 0.15) is 0 Å². The molecule has 0 unspecified atom stereocenters. The zero-order chi connectivity index (χ0) is 11.4. The third-order valence-electron chi connectivity index (χ3n) is 2.94. The Morgan fingerprint density at radius 3 is 3.00 bits per heavy atom. The summed E-state index contributed by atoms with van der Waals surface area (Å²) < 4.78 is 0. The molecule has 1 aromatic rings. The maximum Gasteiger partial charge on any atom is 0.303 e. The van der Waals surface area contributed by atoms with Crippen LogP contribution in [0.3, 0.4) is 0 Å². The summed E-state index contributed by atoms with van der Waals surface area (Å²) in [4.78, 5) is 16.8. The van der Waals surface area contributed by atoms with E-state index in [9.17, 15) is 4.79 Å². The molecule has 0 spiro atoms. The average Bonchev–Trinajstić information content (AvgIpc) is 2.22. The number of aromatic nitrogens is 1. The van der Waals surface area contributed by atoms with Crippen molar-refractivity contribution in [3.8, 4) is 0 Å². The molecule has 0 bridgehead atoms. The van der Waals surface area contributed by atoms with Gasteiger partial charge in [0, 0.05) is 32.0 Å². The summed E-state index contributed by atoms with van der Waals surface area (Å²) >= 11 is 0. The number of hydrogen-bond acceptors (Lipinski definition) is 3. The molecule has 1 aromatic heterocycles. The van der Waals surface area contributed by atoms with E-state index in [2.05, 4.69) is 16.0 Å². The van der Waals surface area contributed by atoms with Crippen LogP contribution >= 0.6 is 0 Å². The summed E-state index contributed by atoms with van der Waals surface area (Å²) in [7, 11) is 0. The van der Waals surface area contributed by atoms with Gasteiger partial charge in [0.15, 0.2) is 0 Å². The largest absolute Gasteiger partial charge is 0.481 e. The third-order valence-corrected chi connectivity index (χ3v) is 2.94. The standard InChI is InChI=1S/C12H16N2O2/c15-12(16)6-11-8-14(9-11)5-3-10-2-1-4-13-7-10/h1-2,4,7,11H,3,5-6,8-9H2,(H,15,16). The number of carbonyl (C=O) groups is 1. The van der Waals surface area contributed by atoms with Crippen molar-refractivity contribution in [1.82, 2.24) is 9.88 Å². The fraction of sp³-hybridized carbons (Fsp3) is 0.500. The molecule has 1 fully saturated rings. The highest BCUT2D eigenvalue weighted by atomic mass is 16.4. The van der Waals surface area contributed by atoms with Crippen LogP contribution in [0, 0.1) is 5.92 Å². The lowest BCUT2D eigenvalue weighted by atomic mass is 9.96. The van der Waals surface area contributed by atoms with Crippen molar-refractivity contribution in [3.05, 3.63) is 30.1 Å². The van der Waals surface area contributed by atoms with Gasteiger partial charge < -0.3 is 10.0 Å². The minimum absolute atomic E-state index is 0.309. The molecule has 1 N–H and O–H groups in total. The van der Waals surface area contributed by atoms with Crippen molar-refractivity contribution in [1.29, 1.82) is 0 Å². The van der Waals surface area contributed by atoms with E-state index >= 15 is 0 Å². The van der Waals surface area contributed by atoms with E-state index in [1.165, 1.54) is 5.56 Å². The highest BCUT2D eigenvalue weighted by Crippen LogP contribution is 2.18. The van der Waals surface area contributed by atoms with Crippen molar-refractivity contribution in [2.45, 2.75) is 12.8 Å². The lowest BCUT2D eigenvalue weighted by Crippen LogP contribution is -2.48. The molecule has 1 saturated heterocycles. The van der Waals surface area contributed by atoms with Gasteiger partial charge in [0.05, 0.1) is 6.42 Å². The Morgan fingerprint density at radius 2 is 2.38 bits per heavy atom. The summed E-state index contributed by atoms with van der Waals surface area (Å²) in [5.41, 5.74) is 1.24. The van der Waals surface area contributed by atoms with Crippen molar-refractivity contribution >= 4 is 5.97 Å². The van der Waals surface area contributed by atoms with Gasteiger partial charge in [-0.25, -0.2) is 0 Å². The topological polar surface area (TPSA) is 53.4 Å². The van der Waals surface area contributed by atoms with Gasteiger partial charge >= 0.3 is 5.97 Å². The lowest BCUT2D eigenvalue weighted by molar-refractivity contribution is -0.139. The summed E-state index contributed by atoms with van der Waals surface area (Å²) in [6.07, 6.45) is 4.96. The van der Waals surface area contributed by atoms with Gasteiger partial charge in [-0.3, -0.25) is 9.78 Å². The second-order valence-corrected chi connectivity index (χ2v) is 4.33. The molecule has 16 heavy (non-hydrogen) atoms. The van der Waals surface area contributed by atoms with Gasteiger partial charge in [0.2, 0.25) is 0 Å². The highest BCUT2D eigenvalue weighted by Gasteiger charge is 2.27. The monoisotopic (exact) mass is 220 g/mol. The molecule has 0 radical (unpaired) electrons. The van der Waals surface area contributed by atoms with Crippen molar-refractivity contribution in [2.75, 3.05) is 19.6 Å². The maximum absolute atomic E-state index is 10.5. The van der Waals surface area contributed by atoms with Crippen LogP contribution < -0.4 is 0 Å². The van der Waals surface area contributed by atoms with Gasteiger partial charge in [-0.1, -0.05) is 6.07 Å². The van der Waals surface area contributed by atoms with Crippen LogP contribution in [-0.4, -0.2) is 40.6 Å². The molecule has 0 amide bonds. The minimum atomic E-state index is -0.683. The number of carboxylic acids is 1. The highest BCUT2D eigenvalue weighted by molar-refractivity contribution is 5.67. The zero-order valence-corrected chi connectivity index (χ0v) is 9.17. The van der Waals surface area contributed by atoms with Crippen LogP contribution in [0.5, 0.6) is 0 Å². The first-order chi connectivity index (χ1) is 7.74. The molecule has 4 heteroatoms. The maximum atomic E-state index is 10.5. The second kappa shape index (κ2) is 5.07. The SMILES string of the molecule is O=C(O)CC1CN(CCc2cccnc2)C1. The van der Waals surface area contributed by atoms with Gasteiger partial charge in [0.25, 0.3) is 0 Å². The molecule has 4 nitrogen and oxygen atoms in total. The number of carboxylic acid groups (broad SMARTS) is 1. The van der Waals surface area contributed by atoms with Crippen molar-refractivity contribution in [3.63, 3.8) is 0 Å². The first-order valence-corrected chi connectivity index (χ1v) is 5.57. The molecule has 0 saturated carbocycles. The zero-order valence-electron chi connectivity index (χ0n) is 9.17. The molecule has 86 valence electrons. The van der Waals surface area contributed by atoms with Gasteiger partial charge in [-0.05, 0) is 24.0 Å². The Hall–Kier alpha value is -1.42. The molecule has 0 aromatic carbocycles. The second-order valence-electron chi connectivity index (χ2n) is 4.33. The van der Waals surface area contributed by atoms with Crippen LogP contribution in [0.2, 0.25) is 0 Å². The van der Waals surface area contributed by atoms with Crippen LogP contribution in [0.4, 0.5) is 0 Å². The first kappa shape index (κ1) is 11.1. The van der Waals surface area contributed by atoms with Crippen LogP contribution in [0.15, 0.2) is 24.5 Å². The number of nitrogens with zero attached hydrogens (tertiary/aromatic N) is 2. The molecule has 1 aliphatic rings. The number of pyridine rings is 1. The Kier molecular flexibility index (Phi) is 3.51. The minimum Gasteiger partial charge on any atom is -0.481 e.